The Hall–Kier alpha value is -4.80. The molecule has 45 heavy (non-hydrogen) atoms. The van der Waals surface area contributed by atoms with Crippen LogP contribution in [0.5, 0.6) is 0 Å². The summed E-state index contributed by atoms with van der Waals surface area (Å²) in [6.45, 7) is 7.35. The molecule has 0 fully saturated rings. The van der Waals surface area contributed by atoms with Crippen LogP contribution in [0.4, 0.5) is 0 Å². The van der Waals surface area contributed by atoms with E-state index in [4.69, 9.17) is 0 Å². The summed E-state index contributed by atoms with van der Waals surface area (Å²) in [7, 11) is 0. The lowest BCUT2D eigenvalue weighted by atomic mass is 9.99. The first-order valence-corrected chi connectivity index (χ1v) is 15.5. The number of carbonyl (C=O) groups excluding carboxylic acids is 2. The maximum absolute atomic E-state index is 13.7. The number of nitrogens with one attached hydrogen (secondary N) is 6. The highest BCUT2D eigenvalue weighted by atomic mass is 16.2. The summed E-state index contributed by atoms with van der Waals surface area (Å²) in [4.78, 5) is 41.9. The van der Waals surface area contributed by atoms with Gasteiger partial charge in [-0.3, -0.25) is 9.59 Å². The van der Waals surface area contributed by atoms with E-state index in [2.05, 4.69) is 59.4 Å². The van der Waals surface area contributed by atoms with Crippen LogP contribution in [0.25, 0.3) is 10.8 Å². The molecule has 5 aromatic rings. The molecule has 0 radical (unpaired) electrons. The molecule has 3 aromatic carbocycles. The maximum Gasteiger partial charge on any atom is 0.251 e. The number of carbonyl (C=O) groups is 2. The Morgan fingerprint density at radius 3 is 2.11 bits per heavy atom. The minimum absolute atomic E-state index is 0.0447. The van der Waals surface area contributed by atoms with Gasteiger partial charge in [0.1, 0.15) is 17.7 Å². The molecule has 2 unspecified atom stereocenters. The van der Waals surface area contributed by atoms with Gasteiger partial charge in [-0.05, 0) is 74.2 Å². The van der Waals surface area contributed by atoms with Crippen molar-refractivity contribution in [3.8, 4) is 0 Å². The first kappa shape index (κ1) is 31.6. The smallest absolute Gasteiger partial charge is 0.251 e. The van der Waals surface area contributed by atoms with Crippen LogP contribution < -0.4 is 21.3 Å². The molecule has 4 atom stereocenters. The monoisotopic (exact) mass is 606 g/mol. The Kier molecular flexibility index (Phi) is 10.7. The molecule has 6 N–H and O–H groups in total. The summed E-state index contributed by atoms with van der Waals surface area (Å²) in [5.41, 5.74) is 2.58. The van der Waals surface area contributed by atoms with Gasteiger partial charge in [-0.15, -0.1) is 0 Å². The quantitative estimate of drug-likeness (QED) is 0.0901. The van der Waals surface area contributed by atoms with Crippen LogP contribution in [-0.4, -0.2) is 44.3 Å². The largest absolute Gasteiger partial charge is 0.348 e. The summed E-state index contributed by atoms with van der Waals surface area (Å²) in [6.07, 6.45) is 8.22. The first-order valence-electron chi connectivity index (χ1n) is 15.5. The van der Waals surface area contributed by atoms with Crippen LogP contribution >= 0.6 is 0 Å². The molecular weight excluding hydrogens is 564 g/mol. The van der Waals surface area contributed by atoms with Crippen LogP contribution in [0.15, 0.2) is 91.5 Å². The zero-order chi connectivity index (χ0) is 31.6. The zero-order valence-corrected chi connectivity index (χ0v) is 26.0. The fourth-order valence-electron chi connectivity index (χ4n) is 5.42. The highest BCUT2D eigenvalue weighted by molar-refractivity contribution is 5.97. The predicted octanol–water partition coefficient (Wildman–Crippen LogP) is 5.24. The summed E-state index contributed by atoms with van der Waals surface area (Å²) in [6, 6.07) is 20.8. The van der Waals surface area contributed by atoms with Crippen molar-refractivity contribution in [2.24, 2.45) is 0 Å². The van der Waals surface area contributed by atoms with Gasteiger partial charge in [0.2, 0.25) is 5.91 Å². The van der Waals surface area contributed by atoms with Crippen molar-refractivity contribution in [1.29, 1.82) is 0 Å². The summed E-state index contributed by atoms with van der Waals surface area (Å²) in [5, 5.41) is 15.2. The van der Waals surface area contributed by atoms with Crippen molar-refractivity contribution >= 4 is 22.6 Å². The lowest BCUT2D eigenvalue weighted by Crippen LogP contribution is -2.47. The van der Waals surface area contributed by atoms with E-state index in [1.165, 1.54) is 0 Å². The van der Waals surface area contributed by atoms with Gasteiger partial charge in [0.25, 0.3) is 5.91 Å². The molecule has 0 bridgehead atoms. The highest BCUT2D eigenvalue weighted by Crippen LogP contribution is 2.24. The number of aromatic nitrogens is 4. The van der Waals surface area contributed by atoms with E-state index in [0.717, 1.165) is 33.5 Å². The number of benzene rings is 3. The molecule has 2 amide bonds. The van der Waals surface area contributed by atoms with E-state index in [9.17, 15) is 9.59 Å². The molecule has 0 saturated heterocycles. The van der Waals surface area contributed by atoms with Gasteiger partial charge in [0.05, 0.1) is 18.1 Å². The lowest BCUT2D eigenvalue weighted by molar-refractivity contribution is -0.123. The molecule has 0 aliphatic heterocycles. The molecule has 0 saturated carbocycles. The van der Waals surface area contributed by atoms with Gasteiger partial charge in [-0.2, -0.15) is 0 Å². The van der Waals surface area contributed by atoms with Crippen molar-refractivity contribution in [1.82, 2.24) is 41.2 Å². The second kappa shape index (κ2) is 15.3. The number of amides is 2. The van der Waals surface area contributed by atoms with E-state index in [1.807, 2.05) is 57.2 Å². The Balaban J connectivity index is 1.22. The molecule has 0 aliphatic rings. The number of fused-ring (bicyclic) bond motifs is 1. The molecule has 2 aromatic heterocycles. The van der Waals surface area contributed by atoms with Crippen LogP contribution in [0.1, 0.15) is 84.9 Å². The fraction of sp³-hybridized carbons (Fsp3) is 0.314. The summed E-state index contributed by atoms with van der Waals surface area (Å²) in [5.74, 6) is 1.23. The van der Waals surface area contributed by atoms with Crippen molar-refractivity contribution < 1.29 is 9.59 Å². The van der Waals surface area contributed by atoms with E-state index in [0.29, 0.717) is 31.5 Å². The number of H-pyrrole nitrogens is 2. The minimum Gasteiger partial charge on any atom is -0.348 e. The molecule has 2 heterocycles. The second-order valence-corrected chi connectivity index (χ2v) is 11.4. The van der Waals surface area contributed by atoms with E-state index in [1.54, 1.807) is 36.9 Å². The normalized spacial score (nSPS) is 14.0. The molecule has 5 rings (SSSR count). The van der Waals surface area contributed by atoms with Crippen LogP contribution in [0.3, 0.4) is 0 Å². The van der Waals surface area contributed by atoms with Gasteiger partial charge >= 0.3 is 0 Å². The molecule has 0 aliphatic carbocycles. The average molecular weight is 607 g/mol. The van der Waals surface area contributed by atoms with Crippen LogP contribution in [0, 0.1) is 0 Å². The third-order valence-electron chi connectivity index (χ3n) is 8.08. The van der Waals surface area contributed by atoms with Gasteiger partial charge in [0, 0.05) is 36.9 Å². The number of hydrogen-bond acceptors (Lipinski definition) is 6. The SMILES string of the molecule is CC(NCCC[C@H](NC(=O)c1ccc(CNC(C)c2ncc[nH]2)cc1)C(=O)N[C@@H](C)c1cccc2ccccc12)c1ncc[nH]1. The van der Waals surface area contributed by atoms with E-state index >= 15 is 0 Å². The fourth-order valence-corrected chi connectivity index (χ4v) is 5.42. The average Bonchev–Trinajstić information content (AvgIpc) is 3.80. The van der Waals surface area contributed by atoms with E-state index < -0.39 is 6.04 Å². The van der Waals surface area contributed by atoms with Crippen molar-refractivity contribution in [3.63, 3.8) is 0 Å². The summed E-state index contributed by atoms with van der Waals surface area (Å²) < 4.78 is 0. The first-order chi connectivity index (χ1) is 21.9. The molecule has 10 heteroatoms. The van der Waals surface area contributed by atoms with Crippen LogP contribution in [0.2, 0.25) is 0 Å². The topological polar surface area (TPSA) is 140 Å². The summed E-state index contributed by atoms with van der Waals surface area (Å²) >= 11 is 0. The molecular formula is C35H42N8O2. The molecule has 234 valence electrons. The minimum atomic E-state index is -0.703. The maximum atomic E-state index is 13.7. The Labute approximate surface area is 263 Å². The zero-order valence-electron chi connectivity index (χ0n) is 26.0. The second-order valence-electron chi connectivity index (χ2n) is 11.4. The van der Waals surface area contributed by atoms with Gasteiger partial charge in [-0.1, -0.05) is 54.6 Å². The van der Waals surface area contributed by atoms with Crippen molar-refractivity contribution in [2.45, 2.75) is 64.3 Å². The van der Waals surface area contributed by atoms with Gasteiger partial charge in [0.15, 0.2) is 0 Å². The predicted molar refractivity (Wildman–Crippen MR) is 176 cm³/mol. The number of rotatable bonds is 15. The number of hydrogen-bond donors (Lipinski definition) is 6. The third kappa shape index (κ3) is 8.43. The molecule has 10 nitrogen and oxygen atoms in total. The van der Waals surface area contributed by atoms with Crippen molar-refractivity contribution in [2.75, 3.05) is 6.54 Å². The van der Waals surface area contributed by atoms with E-state index in [-0.39, 0.29) is 29.9 Å². The number of imidazole rings is 2. The third-order valence-corrected chi connectivity index (χ3v) is 8.08. The highest BCUT2D eigenvalue weighted by Gasteiger charge is 2.24. The Bertz CT molecular complexity index is 1650. The van der Waals surface area contributed by atoms with Gasteiger partial charge in [-0.25, -0.2) is 9.97 Å². The number of aromatic amines is 2. The number of nitrogens with zero attached hydrogens (tertiary/aromatic N) is 2. The Morgan fingerprint density at radius 2 is 1.42 bits per heavy atom. The van der Waals surface area contributed by atoms with Gasteiger partial charge < -0.3 is 31.2 Å². The Morgan fingerprint density at radius 1 is 0.756 bits per heavy atom. The van der Waals surface area contributed by atoms with Crippen molar-refractivity contribution in [3.05, 3.63) is 120 Å². The van der Waals surface area contributed by atoms with Crippen LogP contribution in [-0.2, 0) is 11.3 Å². The standard InChI is InChI=1S/C35H42N8O2/c1-23(29-11-6-9-27-8-4-5-10-30(27)29)42-35(45)31(12-7-17-36-24(2)32-37-18-19-38-32)43-34(44)28-15-13-26(14-16-28)22-41-25(3)33-39-20-21-40-33/h4-6,8-11,13-16,18-21,23-25,31,36,41H,7,12,17,22H2,1-3H3,(H,37,38)(H,39,40)(H,42,45)(H,43,44)/t23-,24?,25?,31-/m0/s1. The molecule has 0 spiro atoms. The lowest BCUT2D eigenvalue weighted by Gasteiger charge is -2.23.